The van der Waals surface area contributed by atoms with E-state index in [2.05, 4.69) is 15.0 Å². The first-order valence-electron chi connectivity index (χ1n) is 5.54. The van der Waals surface area contributed by atoms with Crippen molar-refractivity contribution in [1.29, 1.82) is 0 Å². The van der Waals surface area contributed by atoms with Crippen molar-refractivity contribution in [3.8, 4) is 22.0 Å². The summed E-state index contributed by atoms with van der Waals surface area (Å²) in [6, 6.07) is 6.19. The fourth-order valence-corrected chi connectivity index (χ4v) is 2.88. The normalized spacial score (nSPS) is 10.8. The molecule has 100 valence electrons. The van der Waals surface area contributed by atoms with Gasteiger partial charge in [0.15, 0.2) is 10.8 Å². The summed E-state index contributed by atoms with van der Waals surface area (Å²) in [4.78, 5) is 12.4. The van der Waals surface area contributed by atoms with Crippen molar-refractivity contribution < 1.29 is 4.39 Å². The van der Waals surface area contributed by atoms with E-state index in [1.54, 1.807) is 29.8 Å². The van der Waals surface area contributed by atoms with Gasteiger partial charge in [-0.15, -0.1) is 11.3 Å². The molecule has 0 atom stereocenters. The van der Waals surface area contributed by atoms with Gasteiger partial charge < -0.3 is 0 Å². The van der Waals surface area contributed by atoms with Crippen molar-refractivity contribution in [2.75, 3.05) is 0 Å². The Kier molecular flexibility index (Phi) is 3.65. The average molecular weight is 326 g/mol. The summed E-state index contributed by atoms with van der Waals surface area (Å²) in [6.07, 6.45) is 1.63. The van der Waals surface area contributed by atoms with E-state index in [9.17, 15) is 4.39 Å². The van der Waals surface area contributed by atoms with Gasteiger partial charge in [0.25, 0.3) is 0 Å². The Morgan fingerprint density at radius 1 is 1.05 bits per heavy atom. The van der Waals surface area contributed by atoms with Crippen molar-refractivity contribution in [3.05, 3.63) is 52.0 Å². The summed E-state index contributed by atoms with van der Waals surface area (Å²) in [5, 5.41) is 2.60. The van der Waals surface area contributed by atoms with Crippen LogP contribution in [0.3, 0.4) is 0 Å². The number of halogens is 3. The minimum atomic E-state index is -0.429. The van der Waals surface area contributed by atoms with Gasteiger partial charge in [0.2, 0.25) is 0 Å². The molecule has 0 aliphatic rings. The van der Waals surface area contributed by atoms with Gasteiger partial charge in [-0.2, -0.15) is 0 Å². The first-order valence-corrected chi connectivity index (χ1v) is 7.18. The molecule has 0 aliphatic heterocycles. The molecule has 0 fully saturated rings. The van der Waals surface area contributed by atoms with Crippen LogP contribution in [-0.2, 0) is 0 Å². The van der Waals surface area contributed by atoms with Crippen molar-refractivity contribution in [1.82, 2.24) is 15.0 Å². The largest absolute Gasteiger partial charge is 0.241 e. The Morgan fingerprint density at radius 2 is 1.75 bits per heavy atom. The molecular formula is C13H6Cl2FN3S. The van der Waals surface area contributed by atoms with Crippen LogP contribution in [0.25, 0.3) is 22.0 Å². The molecule has 20 heavy (non-hydrogen) atoms. The summed E-state index contributed by atoms with van der Waals surface area (Å²) in [5.74, 6) is -0.100. The SMILES string of the molecule is Fc1ccccc1-c1c(Cl)nc(-c2nccs2)nc1Cl. The van der Waals surface area contributed by atoms with Gasteiger partial charge in [0, 0.05) is 17.1 Å². The van der Waals surface area contributed by atoms with E-state index in [1.165, 1.54) is 17.4 Å². The molecule has 7 heteroatoms. The Hall–Kier alpha value is -1.56. The summed E-state index contributed by atoms with van der Waals surface area (Å²) in [6.45, 7) is 0. The summed E-state index contributed by atoms with van der Waals surface area (Å²) in [5.41, 5.74) is 0.555. The number of hydrogen-bond donors (Lipinski definition) is 0. The molecule has 2 aromatic heterocycles. The Morgan fingerprint density at radius 3 is 2.35 bits per heavy atom. The predicted octanol–water partition coefficient (Wildman–Crippen LogP) is 4.71. The quantitative estimate of drug-likeness (QED) is 0.640. The van der Waals surface area contributed by atoms with Crippen molar-refractivity contribution in [3.63, 3.8) is 0 Å². The molecule has 0 radical (unpaired) electrons. The fraction of sp³-hybridized carbons (Fsp3) is 0. The van der Waals surface area contributed by atoms with Crippen molar-refractivity contribution in [2.24, 2.45) is 0 Å². The molecule has 0 spiro atoms. The molecule has 0 aliphatic carbocycles. The van der Waals surface area contributed by atoms with Crippen molar-refractivity contribution in [2.45, 2.75) is 0 Å². The number of hydrogen-bond acceptors (Lipinski definition) is 4. The number of nitrogens with zero attached hydrogens (tertiary/aromatic N) is 3. The number of rotatable bonds is 2. The van der Waals surface area contributed by atoms with Gasteiger partial charge in [0.05, 0.1) is 5.56 Å². The zero-order valence-corrected chi connectivity index (χ0v) is 12.2. The highest BCUT2D eigenvalue weighted by Crippen LogP contribution is 2.35. The lowest BCUT2D eigenvalue weighted by Crippen LogP contribution is -1.95. The van der Waals surface area contributed by atoms with E-state index in [1.807, 2.05) is 0 Å². The minimum Gasteiger partial charge on any atom is -0.241 e. The fourth-order valence-electron chi connectivity index (χ4n) is 1.72. The molecule has 3 nitrogen and oxygen atoms in total. The van der Waals surface area contributed by atoms with Gasteiger partial charge in [0.1, 0.15) is 16.1 Å². The number of aromatic nitrogens is 3. The number of thiazole rings is 1. The van der Waals surface area contributed by atoms with E-state index < -0.39 is 5.82 Å². The molecule has 0 bridgehead atoms. The molecule has 1 aromatic carbocycles. The summed E-state index contributed by atoms with van der Waals surface area (Å²) >= 11 is 13.6. The van der Waals surface area contributed by atoms with Crippen LogP contribution in [0.5, 0.6) is 0 Å². The summed E-state index contributed by atoms with van der Waals surface area (Å²) in [7, 11) is 0. The molecule has 0 saturated heterocycles. The van der Waals surface area contributed by atoms with Crippen LogP contribution >= 0.6 is 34.5 Å². The van der Waals surface area contributed by atoms with Crippen molar-refractivity contribution >= 4 is 34.5 Å². The molecule has 3 rings (SSSR count). The Labute approximate surface area is 128 Å². The Bertz CT molecular complexity index is 739. The maximum absolute atomic E-state index is 13.8. The maximum Gasteiger partial charge on any atom is 0.191 e. The predicted molar refractivity (Wildman–Crippen MR) is 78.6 cm³/mol. The standard InChI is InChI=1S/C13H6Cl2FN3S/c14-10-9(7-3-1-2-4-8(7)16)11(15)19-12(18-10)13-17-5-6-20-13/h1-6H. The van der Waals surface area contributed by atoms with Crippen LogP contribution in [0, 0.1) is 5.82 Å². The highest BCUT2D eigenvalue weighted by molar-refractivity contribution is 7.13. The van der Waals surface area contributed by atoms with Gasteiger partial charge >= 0.3 is 0 Å². The lowest BCUT2D eigenvalue weighted by Gasteiger charge is -2.08. The van der Waals surface area contributed by atoms with Crippen LogP contribution in [0.1, 0.15) is 0 Å². The third kappa shape index (κ3) is 2.40. The Balaban J connectivity index is 2.17. The smallest absolute Gasteiger partial charge is 0.191 e. The van der Waals surface area contributed by atoms with E-state index in [-0.39, 0.29) is 21.4 Å². The second-order valence-electron chi connectivity index (χ2n) is 3.82. The van der Waals surface area contributed by atoms with E-state index in [0.717, 1.165) is 0 Å². The van der Waals surface area contributed by atoms with Crippen LogP contribution in [-0.4, -0.2) is 15.0 Å². The minimum absolute atomic E-state index is 0.0975. The van der Waals surface area contributed by atoms with E-state index in [0.29, 0.717) is 10.8 Å². The van der Waals surface area contributed by atoms with Crippen LogP contribution < -0.4 is 0 Å². The molecule has 2 heterocycles. The third-order valence-electron chi connectivity index (χ3n) is 2.59. The first kappa shape index (κ1) is 13.4. The maximum atomic E-state index is 13.8. The molecule has 0 N–H and O–H groups in total. The third-order valence-corrected chi connectivity index (χ3v) is 3.90. The first-order chi connectivity index (χ1) is 9.66. The molecule has 0 amide bonds. The molecule has 0 saturated carbocycles. The monoisotopic (exact) mass is 325 g/mol. The zero-order chi connectivity index (χ0) is 14.1. The highest BCUT2D eigenvalue weighted by atomic mass is 35.5. The van der Waals surface area contributed by atoms with E-state index in [4.69, 9.17) is 23.2 Å². The highest BCUT2D eigenvalue weighted by Gasteiger charge is 2.18. The molecular weight excluding hydrogens is 320 g/mol. The topological polar surface area (TPSA) is 38.7 Å². The summed E-state index contributed by atoms with van der Waals surface area (Å²) < 4.78 is 13.8. The lowest BCUT2D eigenvalue weighted by atomic mass is 10.1. The zero-order valence-electron chi connectivity index (χ0n) is 9.85. The van der Waals surface area contributed by atoms with Gasteiger partial charge in [-0.05, 0) is 6.07 Å². The molecule has 0 unspecified atom stereocenters. The van der Waals surface area contributed by atoms with E-state index >= 15 is 0 Å². The van der Waals surface area contributed by atoms with Crippen LogP contribution in [0.4, 0.5) is 4.39 Å². The number of benzene rings is 1. The van der Waals surface area contributed by atoms with Gasteiger partial charge in [-0.3, -0.25) is 0 Å². The van der Waals surface area contributed by atoms with Gasteiger partial charge in [-0.25, -0.2) is 19.3 Å². The average Bonchev–Trinajstić information content (AvgIpc) is 2.94. The molecule has 3 aromatic rings. The van der Waals surface area contributed by atoms with Crippen LogP contribution in [0.2, 0.25) is 10.3 Å². The second kappa shape index (κ2) is 5.44. The van der Waals surface area contributed by atoms with Gasteiger partial charge in [-0.1, -0.05) is 41.4 Å². The second-order valence-corrected chi connectivity index (χ2v) is 5.43. The van der Waals surface area contributed by atoms with Crippen LogP contribution in [0.15, 0.2) is 35.8 Å². The lowest BCUT2D eigenvalue weighted by molar-refractivity contribution is 0.631.